The highest BCUT2D eigenvalue weighted by atomic mass is 16.3. The summed E-state index contributed by atoms with van der Waals surface area (Å²) < 4.78 is 0. The van der Waals surface area contributed by atoms with E-state index in [0.717, 1.165) is 31.0 Å². The lowest BCUT2D eigenvalue weighted by molar-refractivity contribution is 0.177. The number of hydrogen-bond donors (Lipinski definition) is 2. The zero-order valence-corrected chi connectivity index (χ0v) is 15.0. The van der Waals surface area contributed by atoms with Gasteiger partial charge in [0, 0.05) is 38.4 Å². The van der Waals surface area contributed by atoms with Crippen LogP contribution in [0.1, 0.15) is 38.7 Å². The van der Waals surface area contributed by atoms with E-state index in [1.165, 1.54) is 18.5 Å². The first-order valence-electron chi connectivity index (χ1n) is 9.11. The Bertz CT molecular complexity index is 490. The molecule has 1 aliphatic heterocycles. The second-order valence-corrected chi connectivity index (χ2v) is 6.71. The predicted molar refractivity (Wildman–Crippen MR) is 98.2 cm³/mol. The molecule has 2 rings (SSSR count). The van der Waals surface area contributed by atoms with E-state index in [-0.39, 0.29) is 12.6 Å². The van der Waals surface area contributed by atoms with Gasteiger partial charge in [-0.3, -0.25) is 0 Å². The molecule has 0 aromatic heterocycles. The number of urea groups is 1. The fourth-order valence-corrected chi connectivity index (χ4v) is 3.09. The summed E-state index contributed by atoms with van der Waals surface area (Å²) in [7, 11) is 0. The van der Waals surface area contributed by atoms with Crippen molar-refractivity contribution in [2.45, 2.75) is 39.7 Å². The lowest BCUT2D eigenvalue weighted by atomic mass is 9.99. The minimum atomic E-state index is -0.111. The highest BCUT2D eigenvalue weighted by Crippen LogP contribution is 2.23. The average molecular weight is 333 g/mol. The van der Waals surface area contributed by atoms with Crippen molar-refractivity contribution in [3.63, 3.8) is 0 Å². The number of piperidine rings is 1. The molecule has 0 atom stereocenters. The van der Waals surface area contributed by atoms with Crippen LogP contribution in [-0.2, 0) is 6.54 Å². The molecular formula is C19H31N3O2. The molecule has 1 saturated heterocycles. The Morgan fingerprint density at radius 1 is 1.25 bits per heavy atom. The molecule has 0 saturated carbocycles. The van der Waals surface area contributed by atoms with Crippen molar-refractivity contribution in [2.75, 3.05) is 37.7 Å². The number of aliphatic hydroxyl groups is 1. The summed E-state index contributed by atoms with van der Waals surface area (Å²) in [6.07, 6.45) is 3.41. The predicted octanol–water partition coefficient (Wildman–Crippen LogP) is 2.84. The summed E-state index contributed by atoms with van der Waals surface area (Å²) in [5.41, 5.74) is 2.36. The number of nitrogens with zero attached hydrogens (tertiary/aromatic N) is 2. The van der Waals surface area contributed by atoms with Crippen molar-refractivity contribution >= 4 is 11.7 Å². The summed E-state index contributed by atoms with van der Waals surface area (Å²) in [5.74, 6) is 0.834. The second-order valence-electron chi connectivity index (χ2n) is 6.71. The molecule has 1 aromatic rings. The first kappa shape index (κ1) is 18.6. The highest BCUT2D eigenvalue weighted by molar-refractivity contribution is 5.74. The standard InChI is InChI=1S/C19H31N3O2/c1-3-10-22(13-14-23)19(24)20-15-17-4-6-18(7-5-17)21-11-8-16(2)9-12-21/h4-7,16,23H,3,8-15H2,1-2H3,(H,20,24). The highest BCUT2D eigenvalue weighted by Gasteiger charge is 2.16. The SMILES string of the molecule is CCCN(CCO)C(=O)NCc1ccc(N2CCC(C)CC2)cc1. The summed E-state index contributed by atoms with van der Waals surface area (Å²) in [6.45, 7) is 8.16. The summed E-state index contributed by atoms with van der Waals surface area (Å²) >= 11 is 0. The molecular weight excluding hydrogens is 302 g/mol. The number of aliphatic hydroxyl groups excluding tert-OH is 1. The van der Waals surface area contributed by atoms with Gasteiger partial charge in [0.2, 0.25) is 0 Å². The van der Waals surface area contributed by atoms with Gasteiger partial charge in [-0.15, -0.1) is 0 Å². The fourth-order valence-electron chi connectivity index (χ4n) is 3.09. The molecule has 0 unspecified atom stereocenters. The Labute approximate surface area is 145 Å². The van der Waals surface area contributed by atoms with Gasteiger partial charge < -0.3 is 20.2 Å². The molecule has 0 radical (unpaired) electrons. The molecule has 5 heteroatoms. The maximum atomic E-state index is 12.1. The minimum absolute atomic E-state index is 0.00340. The second kappa shape index (κ2) is 9.52. The van der Waals surface area contributed by atoms with E-state index >= 15 is 0 Å². The number of anilines is 1. The molecule has 0 aliphatic carbocycles. The van der Waals surface area contributed by atoms with Gasteiger partial charge in [-0.25, -0.2) is 4.79 Å². The van der Waals surface area contributed by atoms with Crippen LogP contribution in [0.3, 0.4) is 0 Å². The molecule has 2 N–H and O–H groups in total. The lowest BCUT2D eigenvalue weighted by Crippen LogP contribution is -2.41. The van der Waals surface area contributed by atoms with Gasteiger partial charge in [0.25, 0.3) is 0 Å². The Morgan fingerprint density at radius 2 is 1.92 bits per heavy atom. The number of carbonyl (C=O) groups is 1. The Hall–Kier alpha value is -1.75. The molecule has 134 valence electrons. The molecule has 0 bridgehead atoms. The van der Waals surface area contributed by atoms with Crippen LogP contribution < -0.4 is 10.2 Å². The number of benzene rings is 1. The molecule has 0 spiro atoms. The fraction of sp³-hybridized carbons (Fsp3) is 0.632. The van der Waals surface area contributed by atoms with Crippen LogP contribution >= 0.6 is 0 Å². The number of hydrogen-bond acceptors (Lipinski definition) is 3. The zero-order valence-electron chi connectivity index (χ0n) is 15.0. The summed E-state index contributed by atoms with van der Waals surface area (Å²) in [4.78, 5) is 16.2. The molecule has 5 nitrogen and oxygen atoms in total. The van der Waals surface area contributed by atoms with Crippen LogP contribution in [0, 0.1) is 5.92 Å². The van der Waals surface area contributed by atoms with E-state index in [1.54, 1.807) is 4.90 Å². The van der Waals surface area contributed by atoms with Crippen molar-refractivity contribution in [3.8, 4) is 0 Å². The first-order chi connectivity index (χ1) is 11.6. The molecule has 1 fully saturated rings. The van der Waals surface area contributed by atoms with E-state index in [9.17, 15) is 4.79 Å². The third kappa shape index (κ3) is 5.41. The van der Waals surface area contributed by atoms with Crippen LogP contribution in [0.5, 0.6) is 0 Å². The molecule has 2 amide bonds. The lowest BCUT2D eigenvalue weighted by Gasteiger charge is -2.32. The van der Waals surface area contributed by atoms with Gasteiger partial charge >= 0.3 is 6.03 Å². The van der Waals surface area contributed by atoms with E-state index in [2.05, 4.69) is 41.4 Å². The van der Waals surface area contributed by atoms with Crippen molar-refractivity contribution < 1.29 is 9.90 Å². The van der Waals surface area contributed by atoms with Gasteiger partial charge in [0.1, 0.15) is 0 Å². The smallest absolute Gasteiger partial charge is 0.317 e. The number of amides is 2. The van der Waals surface area contributed by atoms with Crippen LogP contribution in [0.4, 0.5) is 10.5 Å². The minimum Gasteiger partial charge on any atom is -0.395 e. The Morgan fingerprint density at radius 3 is 2.50 bits per heavy atom. The van der Waals surface area contributed by atoms with Gasteiger partial charge in [-0.1, -0.05) is 26.0 Å². The largest absolute Gasteiger partial charge is 0.395 e. The summed E-state index contributed by atoms with van der Waals surface area (Å²) in [5, 5.41) is 12.0. The number of nitrogens with one attached hydrogen (secondary N) is 1. The van der Waals surface area contributed by atoms with E-state index < -0.39 is 0 Å². The van der Waals surface area contributed by atoms with Gasteiger partial charge in [0.15, 0.2) is 0 Å². The number of rotatable bonds is 7. The first-order valence-corrected chi connectivity index (χ1v) is 9.11. The van der Waals surface area contributed by atoms with E-state index in [0.29, 0.717) is 19.6 Å². The number of carbonyl (C=O) groups excluding carboxylic acids is 1. The normalized spacial score (nSPS) is 15.4. The van der Waals surface area contributed by atoms with Crippen LogP contribution in [0.15, 0.2) is 24.3 Å². The zero-order chi connectivity index (χ0) is 17.4. The monoisotopic (exact) mass is 333 g/mol. The maximum Gasteiger partial charge on any atom is 0.317 e. The molecule has 1 heterocycles. The van der Waals surface area contributed by atoms with Crippen LogP contribution in [0.2, 0.25) is 0 Å². The molecule has 1 aliphatic rings. The van der Waals surface area contributed by atoms with Crippen LogP contribution in [0.25, 0.3) is 0 Å². The molecule has 1 aromatic carbocycles. The topological polar surface area (TPSA) is 55.8 Å². The quantitative estimate of drug-likeness (QED) is 0.807. The van der Waals surface area contributed by atoms with Crippen molar-refractivity contribution in [3.05, 3.63) is 29.8 Å². The van der Waals surface area contributed by atoms with Gasteiger partial charge in [0.05, 0.1) is 6.61 Å². The van der Waals surface area contributed by atoms with Gasteiger partial charge in [-0.2, -0.15) is 0 Å². The van der Waals surface area contributed by atoms with Gasteiger partial charge in [-0.05, 0) is 42.9 Å². The van der Waals surface area contributed by atoms with Crippen molar-refractivity contribution in [2.24, 2.45) is 5.92 Å². The van der Waals surface area contributed by atoms with Crippen molar-refractivity contribution in [1.82, 2.24) is 10.2 Å². The maximum absolute atomic E-state index is 12.1. The summed E-state index contributed by atoms with van der Waals surface area (Å²) in [6, 6.07) is 8.36. The van der Waals surface area contributed by atoms with Crippen molar-refractivity contribution in [1.29, 1.82) is 0 Å². The van der Waals surface area contributed by atoms with E-state index in [4.69, 9.17) is 5.11 Å². The Balaban J connectivity index is 1.84. The third-order valence-corrected chi connectivity index (χ3v) is 4.68. The third-order valence-electron chi connectivity index (χ3n) is 4.68. The van der Waals surface area contributed by atoms with Crippen LogP contribution in [-0.4, -0.2) is 48.8 Å². The average Bonchev–Trinajstić information content (AvgIpc) is 2.61. The molecule has 24 heavy (non-hydrogen) atoms. The Kier molecular flexibility index (Phi) is 7.37. The van der Waals surface area contributed by atoms with E-state index in [1.807, 2.05) is 6.92 Å².